The molecule has 0 saturated carbocycles. The molecule has 0 fully saturated rings. The lowest BCUT2D eigenvalue weighted by Gasteiger charge is -2.06. The van der Waals surface area contributed by atoms with E-state index >= 15 is 0 Å². The Balaban J connectivity index is 2.34. The number of alkyl halides is 3. The molecule has 0 unspecified atom stereocenters. The molecule has 0 spiro atoms. The molecular formula is C16H12F3N3O3. The second kappa shape index (κ2) is 6.08. The molecule has 2 heterocycles. The van der Waals surface area contributed by atoms with Crippen LogP contribution in [0.1, 0.15) is 23.0 Å². The van der Waals surface area contributed by atoms with E-state index in [1.54, 1.807) is 30.3 Å². The number of aromatic nitrogens is 3. The summed E-state index contributed by atoms with van der Waals surface area (Å²) in [6, 6.07) is 9.54. The zero-order chi connectivity index (χ0) is 18.2. The molecule has 0 aliphatic rings. The summed E-state index contributed by atoms with van der Waals surface area (Å²) in [6.07, 6.45) is -4.88. The van der Waals surface area contributed by atoms with Crippen LogP contribution >= 0.6 is 0 Å². The fourth-order valence-corrected chi connectivity index (χ4v) is 2.40. The van der Waals surface area contributed by atoms with Gasteiger partial charge in [0.25, 0.3) is 5.56 Å². The molecule has 0 bridgehead atoms. The molecular weight excluding hydrogens is 339 g/mol. The number of nitrogens with one attached hydrogen (secondary N) is 1. The van der Waals surface area contributed by atoms with Crippen molar-refractivity contribution in [3.63, 3.8) is 0 Å². The SMILES string of the molecule is CCOC(=O)c1c(C(F)(F)F)[nH]n2c(=O)cc(-c3ccccc3)nc12. The maximum atomic E-state index is 13.3. The van der Waals surface area contributed by atoms with Crippen molar-refractivity contribution in [1.82, 2.24) is 14.6 Å². The van der Waals surface area contributed by atoms with Crippen LogP contribution in [0.4, 0.5) is 13.2 Å². The number of rotatable bonds is 3. The smallest absolute Gasteiger partial charge is 0.433 e. The van der Waals surface area contributed by atoms with E-state index < -0.39 is 34.6 Å². The molecule has 3 rings (SSSR count). The first-order valence-electron chi connectivity index (χ1n) is 7.28. The number of nitrogens with zero attached hydrogens (tertiary/aromatic N) is 2. The van der Waals surface area contributed by atoms with Gasteiger partial charge in [-0.2, -0.15) is 13.2 Å². The van der Waals surface area contributed by atoms with E-state index in [-0.39, 0.29) is 12.3 Å². The molecule has 0 saturated heterocycles. The van der Waals surface area contributed by atoms with Gasteiger partial charge < -0.3 is 4.74 Å². The van der Waals surface area contributed by atoms with Crippen molar-refractivity contribution in [3.05, 3.63) is 58.0 Å². The van der Waals surface area contributed by atoms with Gasteiger partial charge in [0.15, 0.2) is 11.3 Å². The van der Waals surface area contributed by atoms with Crippen LogP contribution in [-0.4, -0.2) is 27.2 Å². The molecule has 0 aliphatic heterocycles. The lowest BCUT2D eigenvalue weighted by Crippen LogP contribution is -2.15. The third-order valence-corrected chi connectivity index (χ3v) is 3.45. The average Bonchev–Trinajstić information content (AvgIpc) is 2.96. The van der Waals surface area contributed by atoms with Crippen molar-refractivity contribution in [2.45, 2.75) is 13.1 Å². The van der Waals surface area contributed by atoms with Gasteiger partial charge in [-0.1, -0.05) is 30.3 Å². The van der Waals surface area contributed by atoms with Crippen molar-refractivity contribution in [1.29, 1.82) is 0 Å². The van der Waals surface area contributed by atoms with E-state index in [4.69, 9.17) is 4.74 Å². The normalized spacial score (nSPS) is 11.7. The van der Waals surface area contributed by atoms with Gasteiger partial charge in [-0.15, -0.1) is 0 Å². The Morgan fingerprint density at radius 3 is 2.56 bits per heavy atom. The fourth-order valence-electron chi connectivity index (χ4n) is 2.40. The van der Waals surface area contributed by atoms with E-state index in [1.807, 2.05) is 5.10 Å². The Bertz CT molecular complexity index is 991. The first-order chi connectivity index (χ1) is 11.8. The Morgan fingerprint density at radius 2 is 1.96 bits per heavy atom. The topological polar surface area (TPSA) is 76.5 Å². The standard InChI is InChI=1S/C16H12F3N3O3/c1-2-25-15(24)12-13(16(17,18)19)21-22-11(23)8-10(20-14(12)22)9-6-4-3-5-7-9/h3-8,21H,2H2,1H3. The van der Waals surface area contributed by atoms with Gasteiger partial charge in [-0.25, -0.2) is 14.3 Å². The largest absolute Gasteiger partial charge is 0.462 e. The third kappa shape index (κ3) is 3.00. The van der Waals surface area contributed by atoms with Crippen molar-refractivity contribution in [2.75, 3.05) is 6.61 Å². The lowest BCUT2D eigenvalue weighted by atomic mass is 10.1. The van der Waals surface area contributed by atoms with Crippen molar-refractivity contribution in [2.24, 2.45) is 0 Å². The van der Waals surface area contributed by atoms with Crippen molar-refractivity contribution < 1.29 is 22.7 Å². The Labute approximate surface area is 138 Å². The highest BCUT2D eigenvalue weighted by Gasteiger charge is 2.40. The minimum absolute atomic E-state index is 0.115. The van der Waals surface area contributed by atoms with Crippen LogP contribution < -0.4 is 5.56 Å². The number of esters is 1. The second-order valence-electron chi connectivity index (χ2n) is 5.08. The third-order valence-electron chi connectivity index (χ3n) is 3.45. The molecule has 0 aliphatic carbocycles. The zero-order valence-corrected chi connectivity index (χ0v) is 12.9. The molecule has 1 N–H and O–H groups in total. The number of hydrogen-bond acceptors (Lipinski definition) is 4. The minimum atomic E-state index is -4.88. The number of carbonyl (C=O) groups is 1. The maximum absolute atomic E-state index is 13.3. The number of H-pyrrole nitrogens is 1. The molecule has 3 aromatic rings. The summed E-state index contributed by atoms with van der Waals surface area (Å²) in [5.41, 5.74) is -2.71. The first kappa shape index (κ1) is 16.7. The minimum Gasteiger partial charge on any atom is -0.462 e. The number of benzene rings is 1. The number of hydrogen-bond donors (Lipinski definition) is 1. The van der Waals surface area contributed by atoms with Crippen LogP contribution in [0.15, 0.2) is 41.2 Å². The molecule has 1 aromatic carbocycles. The molecule has 25 heavy (non-hydrogen) atoms. The van der Waals surface area contributed by atoms with Crippen molar-refractivity contribution >= 4 is 11.6 Å². The van der Waals surface area contributed by atoms with Gasteiger partial charge in [0.1, 0.15) is 5.56 Å². The number of carbonyl (C=O) groups excluding carboxylic acids is 1. The fraction of sp³-hybridized carbons (Fsp3) is 0.188. The molecule has 0 atom stereocenters. The van der Waals surface area contributed by atoms with Crippen LogP contribution in [0.2, 0.25) is 0 Å². The summed E-state index contributed by atoms with van der Waals surface area (Å²) in [5.74, 6) is -1.20. The van der Waals surface area contributed by atoms with Gasteiger partial charge >= 0.3 is 12.1 Å². The predicted octanol–water partition coefficient (Wildman–Crippen LogP) is 2.89. The average molecular weight is 351 g/mol. The summed E-state index contributed by atoms with van der Waals surface area (Å²) in [6.45, 7) is 1.35. The monoisotopic (exact) mass is 351 g/mol. The van der Waals surface area contributed by atoms with Gasteiger partial charge in [0.2, 0.25) is 0 Å². The van der Waals surface area contributed by atoms with Crippen LogP contribution in [-0.2, 0) is 10.9 Å². The molecule has 6 nitrogen and oxygen atoms in total. The summed E-state index contributed by atoms with van der Waals surface area (Å²) >= 11 is 0. The van der Waals surface area contributed by atoms with Crippen molar-refractivity contribution in [3.8, 4) is 11.3 Å². The quantitative estimate of drug-likeness (QED) is 0.736. The summed E-state index contributed by atoms with van der Waals surface area (Å²) in [7, 11) is 0. The Hall–Kier alpha value is -3.10. The first-order valence-corrected chi connectivity index (χ1v) is 7.28. The lowest BCUT2D eigenvalue weighted by molar-refractivity contribution is -0.141. The Morgan fingerprint density at radius 1 is 1.28 bits per heavy atom. The number of fused-ring (bicyclic) bond motifs is 1. The van der Waals surface area contributed by atoms with E-state index in [0.717, 1.165) is 6.07 Å². The Kier molecular flexibility index (Phi) is 4.07. The van der Waals surface area contributed by atoms with Crippen LogP contribution in [0, 0.1) is 0 Å². The number of aromatic amines is 1. The van der Waals surface area contributed by atoms with Gasteiger partial charge in [-0.05, 0) is 6.92 Å². The second-order valence-corrected chi connectivity index (χ2v) is 5.08. The summed E-state index contributed by atoms with van der Waals surface area (Å²) in [4.78, 5) is 28.3. The molecule has 9 heteroatoms. The van der Waals surface area contributed by atoms with E-state index in [1.165, 1.54) is 6.92 Å². The van der Waals surface area contributed by atoms with Crippen LogP contribution in [0.5, 0.6) is 0 Å². The molecule has 0 amide bonds. The predicted molar refractivity (Wildman–Crippen MR) is 82.2 cm³/mol. The highest BCUT2D eigenvalue weighted by Crippen LogP contribution is 2.33. The van der Waals surface area contributed by atoms with Gasteiger partial charge in [0.05, 0.1) is 12.3 Å². The van der Waals surface area contributed by atoms with E-state index in [2.05, 4.69) is 4.98 Å². The molecule has 130 valence electrons. The van der Waals surface area contributed by atoms with E-state index in [0.29, 0.717) is 10.1 Å². The van der Waals surface area contributed by atoms with Gasteiger partial charge in [0, 0.05) is 11.6 Å². The number of halogens is 3. The zero-order valence-electron chi connectivity index (χ0n) is 12.9. The highest BCUT2D eigenvalue weighted by molar-refractivity contribution is 5.97. The summed E-state index contributed by atoms with van der Waals surface area (Å²) < 4.78 is 45.1. The molecule has 2 aromatic heterocycles. The van der Waals surface area contributed by atoms with Crippen LogP contribution in [0.25, 0.3) is 16.9 Å². The van der Waals surface area contributed by atoms with Crippen LogP contribution in [0.3, 0.4) is 0 Å². The maximum Gasteiger partial charge on any atom is 0.433 e. The number of ether oxygens (including phenoxy) is 1. The highest BCUT2D eigenvalue weighted by atomic mass is 19.4. The summed E-state index contributed by atoms with van der Waals surface area (Å²) in [5, 5.41) is 1.91. The van der Waals surface area contributed by atoms with Gasteiger partial charge in [-0.3, -0.25) is 9.89 Å². The molecule has 0 radical (unpaired) electrons. The van der Waals surface area contributed by atoms with E-state index in [9.17, 15) is 22.8 Å².